The highest BCUT2D eigenvalue weighted by Crippen LogP contribution is 2.09. The largest absolute Gasteiger partial charge is 0.327 e. The van der Waals surface area contributed by atoms with E-state index in [9.17, 15) is 4.21 Å². The van der Waals surface area contributed by atoms with Gasteiger partial charge in [0.1, 0.15) is 0 Å². The molecular formula is C9H21NOS. The summed E-state index contributed by atoms with van der Waals surface area (Å²) in [6.45, 7) is 8.26. The Labute approximate surface area is 78.4 Å². The molecule has 0 fully saturated rings. The van der Waals surface area contributed by atoms with Gasteiger partial charge in [0, 0.05) is 27.8 Å². The van der Waals surface area contributed by atoms with Crippen LogP contribution in [-0.4, -0.2) is 21.3 Å². The first-order valence-corrected chi connectivity index (χ1v) is 6.00. The fourth-order valence-corrected chi connectivity index (χ4v) is 2.35. The van der Waals surface area contributed by atoms with Crippen LogP contribution in [-0.2, 0) is 10.8 Å². The molecule has 0 bridgehead atoms. The van der Waals surface area contributed by atoms with Crippen molar-refractivity contribution in [1.82, 2.24) is 0 Å². The molecule has 74 valence electrons. The van der Waals surface area contributed by atoms with E-state index in [2.05, 4.69) is 13.8 Å². The van der Waals surface area contributed by atoms with E-state index >= 15 is 0 Å². The quantitative estimate of drug-likeness (QED) is 0.716. The lowest BCUT2D eigenvalue weighted by Gasteiger charge is -2.17. The average molecular weight is 191 g/mol. The van der Waals surface area contributed by atoms with Crippen LogP contribution in [0.5, 0.6) is 0 Å². The van der Waals surface area contributed by atoms with E-state index in [4.69, 9.17) is 5.73 Å². The molecule has 12 heavy (non-hydrogen) atoms. The second kappa shape index (κ2) is 5.70. The van der Waals surface area contributed by atoms with Gasteiger partial charge in [-0.05, 0) is 12.3 Å². The summed E-state index contributed by atoms with van der Waals surface area (Å²) in [7, 11) is -0.750. The zero-order chi connectivity index (χ0) is 9.72. The zero-order valence-corrected chi connectivity index (χ0v) is 9.36. The Kier molecular flexibility index (Phi) is 5.76. The van der Waals surface area contributed by atoms with Crippen LogP contribution in [0.15, 0.2) is 0 Å². The summed E-state index contributed by atoms with van der Waals surface area (Å²) in [4.78, 5) is 0. The third kappa shape index (κ3) is 4.21. The fraction of sp³-hybridized carbons (Fsp3) is 1.00. The van der Waals surface area contributed by atoms with Crippen LogP contribution in [0.2, 0.25) is 0 Å². The van der Waals surface area contributed by atoms with Crippen LogP contribution in [0.4, 0.5) is 0 Å². The third-order valence-corrected chi connectivity index (χ3v) is 4.39. The van der Waals surface area contributed by atoms with E-state index in [0.29, 0.717) is 11.7 Å². The van der Waals surface area contributed by atoms with Crippen LogP contribution >= 0.6 is 0 Å². The summed E-state index contributed by atoms with van der Waals surface area (Å²) in [5.41, 5.74) is 5.72. The van der Waals surface area contributed by atoms with E-state index in [1.807, 2.05) is 13.8 Å². The Balaban J connectivity index is 3.87. The molecule has 0 aromatic carbocycles. The van der Waals surface area contributed by atoms with Crippen molar-refractivity contribution < 1.29 is 4.21 Å². The number of nitrogens with two attached hydrogens (primary N) is 1. The van der Waals surface area contributed by atoms with Gasteiger partial charge < -0.3 is 5.73 Å². The van der Waals surface area contributed by atoms with Crippen molar-refractivity contribution in [2.45, 2.75) is 45.4 Å². The van der Waals surface area contributed by atoms with E-state index < -0.39 is 10.8 Å². The van der Waals surface area contributed by atoms with E-state index in [-0.39, 0.29) is 11.3 Å². The van der Waals surface area contributed by atoms with Crippen molar-refractivity contribution in [1.29, 1.82) is 0 Å². The van der Waals surface area contributed by atoms with Crippen LogP contribution in [0.25, 0.3) is 0 Å². The minimum atomic E-state index is -0.750. The molecular weight excluding hydrogens is 170 g/mol. The second-order valence-electron chi connectivity index (χ2n) is 3.66. The molecule has 0 rings (SSSR count). The molecule has 2 N–H and O–H groups in total. The smallest absolute Gasteiger partial charge is 0.0389 e. The zero-order valence-electron chi connectivity index (χ0n) is 8.54. The highest BCUT2D eigenvalue weighted by Gasteiger charge is 2.16. The number of hydrogen-bond acceptors (Lipinski definition) is 2. The first-order chi connectivity index (χ1) is 5.49. The molecule has 0 aromatic rings. The van der Waals surface area contributed by atoms with Crippen molar-refractivity contribution in [3.63, 3.8) is 0 Å². The first kappa shape index (κ1) is 12.1. The molecule has 0 saturated carbocycles. The highest BCUT2D eigenvalue weighted by molar-refractivity contribution is 7.85. The Morgan fingerprint density at radius 3 is 2.17 bits per heavy atom. The summed E-state index contributed by atoms with van der Waals surface area (Å²) >= 11 is 0. The van der Waals surface area contributed by atoms with Crippen molar-refractivity contribution in [3.05, 3.63) is 0 Å². The predicted octanol–water partition coefficient (Wildman–Crippen LogP) is 1.52. The van der Waals surface area contributed by atoms with E-state index in [0.717, 1.165) is 6.42 Å². The summed E-state index contributed by atoms with van der Waals surface area (Å²) in [5, 5.41) is 0.266. The van der Waals surface area contributed by atoms with Gasteiger partial charge in [-0.3, -0.25) is 4.21 Å². The Hall–Kier alpha value is 0.110. The molecule has 0 aliphatic carbocycles. The van der Waals surface area contributed by atoms with Crippen molar-refractivity contribution in [3.8, 4) is 0 Å². The molecule has 0 aromatic heterocycles. The van der Waals surface area contributed by atoms with Gasteiger partial charge in [0.15, 0.2) is 0 Å². The highest BCUT2D eigenvalue weighted by atomic mass is 32.2. The molecule has 0 spiro atoms. The van der Waals surface area contributed by atoms with Gasteiger partial charge in [-0.2, -0.15) is 0 Å². The van der Waals surface area contributed by atoms with Gasteiger partial charge >= 0.3 is 0 Å². The lowest BCUT2D eigenvalue weighted by atomic mass is 10.2. The summed E-state index contributed by atoms with van der Waals surface area (Å²) in [6, 6.07) is 0.104. The summed E-state index contributed by atoms with van der Waals surface area (Å²) in [5.74, 6) is 1.13. The second-order valence-corrected chi connectivity index (χ2v) is 5.50. The van der Waals surface area contributed by atoms with E-state index in [1.54, 1.807) is 0 Å². The van der Waals surface area contributed by atoms with Crippen LogP contribution in [0, 0.1) is 5.92 Å². The maximum atomic E-state index is 11.6. The molecule has 0 aliphatic heterocycles. The Bertz CT molecular complexity index is 147. The molecule has 2 nitrogen and oxygen atoms in total. The standard InChI is InChI=1S/C9H21NOS/c1-5-9(10)6-12(11)8(4)7(2)3/h7-9H,5-6,10H2,1-4H3. The molecule has 0 heterocycles. The van der Waals surface area contributed by atoms with Crippen molar-refractivity contribution in [2.75, 3.05) is 5.75 Å². The van der Waals surface area contributed by atoms with E-state index in [1.165, 1.54) is 0 Å². The van der Waals surface area contributed by atoms with Gasteiger partial charge in [-0.25, -0.2) is 0 Å². The lowest BCUT2D eigenvalue weighted by Crippen LogP contribution is -2.31. The van der Waals surface area contributed by atoms with Gasteiger partial charge in [0.25, 0.3) is 0 Å². The molecule has 3 unspecified atom stereocenters. The monoisotopic (exact) mass is 191 g/mol. The van der Waals surface area contributed by atoms with Crippen LogP contribution in [0.3, 0.4) is 0 Å². The van der Waals surface area contributed by atoms with Crippen LogP contribution < -0.4 is 5.73 Å². The Morgan fingerprint density at radius 1 is 1.33 bits per heavy atom. The number of rotatable bonds is 5. The van der Waals surface area contributed by atoms with Crippen molar-refractivity contribution in [2.24, 2.45) is 11.7 Å². The molecule has 0 aliphatic rings. The molecule has 0 amide bonds. The normalized spacial score (nSPS) is 19.2. The maximum Gasteiger partial charge on any atom is 0.0389 e. The molecule has 3 atom stereocenters. The average Bonchev–Trinajstić information content (AvgIpc) is 2.02. The minimum Gasteiger partial charge on any atom is -0.327 e. The molecule has 3 heteroatoms. The lowest BCUT2D eigenvalue weighted by molar-refractivity contribution is 0.597. The maximum absolute atomic E-state index is 11.6. The molecule has 0 saturated heterocycles. The fourth-order valence-electron chi connectivity index (χ4n) is 0.784. The van der Waals surface area contributed by atoms with Crippen LogP contribution in [0.1, 0.15) is 34.1 Å². The molecule has 0 radical (unpaired) electrons. The third-order valence-electron chi connectivity index (χ3n) is 2.26. The van der Waals surface area contributed by atoms with Gasteiger partial charge in [0.05, 0.1) is 0 Å². The van der Waals surface area contributed by atoms with Gasteiger partial charge in [0.2, 0.25) is 0 Å². The van der Waals surface area contributed by atoms with Gasteiger partial charge in [-0.1, -0.05) is 27.7 Å². The van der Waals surface area contributed by atoms with Crippen molar-refractivity contribution >= 4 is 10.8 Å². The number of hydrogen-bond donors (Lipinski definition) is 1. The Morgan fingerprint density at radius 2 is 1.83 bits per heavy atom. The summed E-state index contributed by atoms with van der Waals surface area (Å²) in [6.07, 6.45) is 0.913. The predicted molar refractivity (Wildman–Crippen MR) is 55.6 cm³/mol. The SMILES string of the molecule is CCC(N)CS(=O)C(C)C(C)C. The first-order valence-electron chi connectivity index (χ1n) is 4.61. The van der Waals surface area contributed by atoms with Gasteiger partial charge in [-0.15, -0.1) is 0 Å². The summed E-state index contributed by atoms with van der Waals surface area (Å²) < 4.78 is 11.6. The topological polar surface area (TPSA) is 43.1 Å². The minimum absolute atomic E-state index is 0.104.